The van der Waals surface area contributed by atoms with Gasteiger partial charge in [-0.25, -0.2) is 9.07 Å². The molecule has 2 aromatic rings. The zero-order chi connectivity index (χ0) is 18.2. The SMILES string of the molecule is CC(C)(CO)CN[C@H]1CC(C)(C)Cc2c1cnn2-c1ccc(F)cc1. The molecule has 0 saturated heterocycles. The first-order valence-corrected chi connectivity index (χ1v) is 8.88. The number of halogens is 1. The summed E-state index contributed by atoms with van der Waals surface area (Å²) >= 11 is 0. The van der Waals surface area contributed by atoms with Gasteiger partial charge in [-0.05, 0) is 42.5 Å². The van der Waals surface area contributed by atoms with Crippen molar-refractivity contribution in [2.75, 3.05) is 13.2 Å². The van der Waals surface area contributed by atoms with Crippen molar-refractivity contribution >= 4 is 0 Å². The Hall–Kier alpha value is -1.72. The third kappa shape index (κ3) is 3.93. The van der Waals surface area contributed by atoms with E-state index in [9.17, 15) is 9.50 Å². The molecule has 1 atom stereocenters. The van der Waals surface area contributed by atoms with Gasteiger partial charge in [0, 0.05) is 35.9 Å². The van der Waals surface area contributed by atoms with Crippen LogP contribution in [0.2, 0.25) is 0 Å². The number of fused-ring (bicyclic) bond motifs is 1. The van der Waals surface area contributed by atoms with Gasteiger partial charge in [0.15, 0.2) is 0 Å². The molecule has 0 radical (unpaired) electrons. The minimum atomic E-state index is -0.240. The zero-order valence-corrected chi connectivity index (χ0v) is 15.5. The van der Waals surface area contributed by atoms with Crippen molar-refractivity contribution in [3.63, 3.8) is 0 Å². The summed E-state index contributed by atoms with van der Waals surface area (Å²) in [6.45, 7) is 9.53. The molecule has 1 aliphatic carbocycles. The monoisotopic (exact) mass is 345 g/mol. The van der Waals surface area contributed by atoms with Gasteiger partial charge in [-0.3, -0.25) is 0 Å². The lowest BCUT2D eigenvalue weighted by atomic mass is 9.74. The lowest BCUT2D eigenvalue weighted by Crippen LogP contribution is -2.39. The van der Waals surface area contributed by atoms with E-state index in [1.165, 1.54) is 23.4 Å². The molecule has 1 aliphatic rings. The second-order valence-electron chi connectivity index (χ2n) is 8.74. The van der Waals surface area contributed by atoms with Crippen molar-refractivity contribution in [3.8, 4) is 5.69 Å². The number of aliphatic hydroxyl groups is 1. The Kier molecular flexibility index (Phi) is 4.73. The number of aliphatic hydroxyl groups excluding tert-OH is 1. The zero-order valence-electron chi connectivity index (χ0n) is 15.5. The summed E-state index contributed by atoms with van der Waals surface area (Å²) in [5.41, 5.74) is 3.26. The van der Waals surface area contributed by atoms with Crippen LogP contribution >= 0.6 is 0 Å². The lowest BCUT2D eigenvalue weighted by Gasteiger charge is -2.37. The van der Waals surface area contributed by atoms with E-state index in [0.717, 1.165) is 25.1 Å². The van der Waals surface area contributed by atoms with Crippen LogP contribution in [0.5, 0.6) is 0 Å². The third-order valence-electron chi connectivity index (χ3n) is 5.01. The highest BCUT2D eigenvalue weighted by Gasteiger charge is 2.35. The Morgan fingerprint density at radius 3 is 2.64 bits per heavy atom. The number of nitrogens with one attached hydrogen (secondary N) is 1. The second kappa shape index (κ2) is 6.54. The van der Waals surface area contributed by atoms with E-state index in [1.54, 1.807) is 12.1 Å². The highest BCUT2D eigenvalue weighted by Crippen LogP contribution is 2.41. The average molecular weight is 345 g/mol. The number of nitrogens with zero attached hydrogens (tertiary/aromatic N) is 2. The molecule has 0 saturated carbocycles. The van der Waals surface area contributed by atoms with Crippen LogP contribution in [-0.4, -0.2) is 28.0 Å². The van der Waals surface area contributed by atoms with Crippen LogP contribution in [0.25, 0.3) is 5.69 Å². The van der Waals surface area contributed by atoms with Gasteiger partial charge < -0.3 is 10.4 Å². The van der Waals surface area contributed by atoms with Crippen LogP contribution in [0.15, 0.2) is 30.5 Å². The molecule has 136 valence electrons. The molecule has 25 heavy (non-hydrogen) atoms. The molecule has 0 unspecified atom stereocenters. The molecule has 0 fully saturated rings. The molecular formula is C20H28FN3O. The summed E-state index contributed by atoms with van der Waals surface area (Å²) in [5.74, 6) is -0.240. The molecule has 2 N–H and O–H groups in total. The minimum Gasteiger partial charge on any atom is -0.396 e. The smallest absolute Gasteiger partial charge is 0.123 e. The fraction of sp³-hybridized carbons (Fsp3) is 0.550. The van der Waals surface area contributed by atoms with E-state index in [2.05, 4.69) is 38.1 Å². The van der Waals surface area contributed by atoms with Gasteiger partial charge in [0.25, 0.3) is 0 Å². The Bertz CT molecular complexity index is 734. The Morgan fingerprint density at radius 2 is 2.00 bits per heavy atom. The summed E-state index contributed by atoms with van der Waals surface area (Å²) in [6, 6.07) is 6.68. The maximum Gasteiger partial charge on any atom is 0.123 e. The summed E-state index contributed by atoms with van der Waals surface area (Å²) in [5, 5.41) is 17.7. The Labute approximate surface area is 149 Å². The van der Waals surface area contributed by atoms with Crippen LogP contribution < -0.4 is 5.32 Å². The van der Waals surface area contributed by atoms with Crippen LogP contribution in [0.1, 0.15) is 51.4 Å². The van der Waals surface area contributed by atoms with Crippen molar-refractivity contribution < 1.29 is 9.50 Å². The first-order valence-electron chi connectivity index (χ1n) is 8.88. The van der Waals surface area contributed by atoms with Gasteiger partial charge in [-0.1, -0.05) is 27.7 Å². The molecule has 0 bridgehead atoms. The molecule has 0 amide bonds. The Morgan fingerprint density at radius 1 is 1.32 bits per heavy atom. The molecule has 0 spiro atoms. The van der Waals surface area contributed by atoms with Crippen LogP contribution in [-0.2, 0) is 6.42 Å². The van der Waals surface area contributed by atoms with Crippen LogP contribution in [0.3, 0.4) is 0 Å². The summed E-state index contributed by atoms with van der Waals surface area (Å²) in [4.78, 5) is 0. The topological polar surface area (TPSA) is 50.1 Å². The van der Waals surface area contributed by atoms with Crippen molar-refractivity contribution in [1.82, 2.24) is 15.1 Å². The number of hydrogen-bond donors (Lipinski definition) is 2. The largest absolute Gasteiger partial charge is 0.396 e. The maximum absolute atomic E-state index is 13.2. The molecular weight excluding hydrogens is 317 g/mol. The normalized spacial score (nSPS) is 19.7. The van der Waals surface area contributed by atoms with Crippen molar-refractivity contribution in [1.29, 1.82) is 0 Å². The molecule has 4 nitrogen and oxygen atoms in total. The van der Waals surface area contributed by atoms with Gasteiger partial charge in [0.2, 0.25) is 0 Å². The average Bonchev–Trinajstić information content (AvgIpc) is 2.96. The van der Waals surface area contributed by atoms with Crippen molar-refractivity contribution in [3.05, 3.63) is 47.5 Å². The second-order valence-corrected chi connectivity index (χ2v) is 8.74. The molecule has 0 aliphatic heterocycles. The van der Waals surface area contributed by atoms with E-state index >= 15 is 0 Å². The molecule has 1 aromatic heterocycles. The summed E-state index contributed by atoms with van der Waals surface area (Å²) < 4.78 is 15.2. The fourth-order valence-electron chi connectivity index (χ4n) is 3.48. The van der Waals surface area contributed by atoms with Crippen molar-refractivity contribution in [2.24, 2.45) is 10.8 Å². The molecule has 3 rings (SSSR count). The standard InChI is InChI=1S/C20H28FN3O/c1-19(2)9-17(22-12-20(3,4)13-25)16-11-23-24(18(16)10-19)15-7-5-14(21)6-8-15/h5-8,11,17,22,25H,9-10,12-13H2,1-4H3/t17-/m0/s1. The van der Waals surface area contributed by atoms with Gasteiger partial charge in [-0.2, -0.15) is 5.10 Å². The highest BCUT2D eigenvalue weighted by molar-refractivity contribution is 5.38. The van der Waals surface area contributed by atoms with E-state index < -0.39 is 0 Å². The quantitative estimate of drug-likeness (QED) is 0.870. The Balaban J connectivity index is 1.92. The first kappa shape index (κ1) is 18.1. The number of hydrogen-bond acceptors (Lipinski definition) is 3. The number of benzene rings is 1. The van der Waals surface area contributed by atoms with Crippen molar-refractivity contribution in [2.45, 2.75) is 46.6 Å². The first-order chi connectivity index (χ1) is 11.7. The van der Waals surface area contributed by atoms with Gasteiger partial charge in [0.05, 0.1) is 11.9 Å². The predicted octanol–water partition coefficient (Wildman–Crippen LogP) is 3.63. The van der Waals surface area contributed by atoms with E-state index in [1.807, 2.05) is 10.9 Å². The number of rotatable bonds is 5. The molecule has 1 aromatic carbocycles. The van der Waals surface area contributed by atoms with E-state index in [-0.39, 0.29) is 29.3 Å². The van der Waals surface area contributed by atoms with E-state index in [4.69, 9.17) is 0 Å². The fourth-order valence-corrected chi connectivity index (χ4v) is 3.48. The highest BCUT2D eigenvalue weighted by atomic mass is 19.1. The maximum atomic E-state index is 13.2. The minimum absolute atomic E-state index is 0.145. The predicted molar refractivity (Wildman–Crippen MR) is 97.2 cm³/mol. The number of aromatic nitrogens is 2. The van der Waals surface area contributed by atoms with Gasteiger partial charge >= 0.3 is 0 Å². The molecule has 5 heteroatoms. The summed E-state index contributed by atoms with van der Waals surface area (Å²) in [6.07, 6.45) is 3.88. The molecule has 1 heterocycles. The third-order valence-corrected chi connectivity index (χ3v) is 5.01. The van der Waals surface area contributed by atoms with Crippen LogP contribution in [0.4, 0.5) is 4.39 Å². The van der Waals surface area contributed by atoms with E-state index in [0.29, 0.717) is 0 Å². The van der Waals surface area contributed by atoms with Gasteiger partial charge in [0.1, 0.15) is 5.82 Å². The van der Waals surface area contributed by atoms with Gasteiger partial charge in [-0.15, -0.1) is 0 Å². The van der Waals surface area contributed by atoms with Crippen LogP contribution in [0, 0.1) is 16.6 Å². The lowest BCUT2D eigenvalue weighted by molar-refractivity contribution is 0.146. The summed E-state index contributed by atoms with van der Waals surface area (Å²) in [7, 11) is 0.